The Morgan fingerprint density at radius 3 is 2.38 bits per heavy atom. The first kappa shape index (κ1) is 15.2. The summed E-state index contributed by atoms with van der Waals surface area (Å²) >= 11 is 0. The molecule has 2 rings (SSSR count). The standard InChI is InChI=1S/C17H17F2NO/c1-11-3-5-13(6-4-11)9-17(21)20-12(2)14-7-8-15(18)16(19)10-14/h3-8,10,12H,9H2,1-2H3,(H,20,21). The smallest absolute Gasteiger partial charge is 0.224 e. The predicted molar refractivity (Wildman–Crippen MR) is 77.8 cm³/mol. The van der Waals surface area contributed by atoms with Crippen LogP contribution < -0.4 is 5.32 Å². The molecule has 0 saturated carbocycles. The number of carbonyl (C=O) groups is 1. The topological polar surface area (TPSA) is 29.1 Å². The van der Waals surface area contributed by atoms with Gasteiger partial charge in [-0.1, -0.05) is 35.9 Å². The van der Waals surface area contributed by atoms with E-state index in [0.717, 1.165) is 23.3 Å². The molecule has 21 heavy (non-hydrogen) atoms. The molecule has 1 unspecified atom stereocenters. The second-order valence-corrected chi connectivity index (χ2v) is 5.13. The molecule has 0 fully saturated rings. The van der Waals surface area contributed by atoms with Gasteiger partial charge in [-0.05, 0) is 37.1 Å². The van der Waals surface area contributed by atoms with E-state index in [9.17, 15) is 13.6 Å². The maximum Gasteiger partial charge on any atom is 0.224 e. The normalized spacial score (nSPS) is 12.0. The second kappa shape index (κ2) is 6.48. The molecule has 0 spiro atoms. The van der Waals surface area contributed by atoms with E-state index in [0.29, 0.717) is 5.56 Å². The van der Waals surface area contributed by atoms with Gasteiger partial charge in [0, 0.05) is 0 Å². The lowest BCUT2D eigenvalue weighted by atomic mass is 10.1. The Morgan fingerprint density at radius 2 is 1.76 bits per heavy atom. The van der Waals surface area contributed by atoms with E-state index in [1.54, 1.807) is 6.92 Å². The highest BCUT2D eigenvalue weighted by molar-refractivity contribution is 5.79. The molecule has 2 nitrogen and oxygen atoms in total. The molecule has 2 aromatic rings. The fourth-order valence-electron chi connectivity index (χ4n) is 2.05. The minimum Gasteiger partial charge on any atom is -0.349 e. The third-order valence-electron chi connectivity index (χ3n) is 3.31. The summed E-state index contributed by atoms with van der Waals surface area (Å²) in [4.78, 5) is 12.0. The lowest BCUT2D eigenvalue weighted by Gasteiger charge is -2.14. The summed E-state index contributed by atoms with van der Waals surface area (Å²) < 4.78 is 26.1. The first-order chi connectivity index (χ1) is 9.95. The number of rotatable bonds is 4. The van der Waals surface area contributed by atoms with Crippen LogP contribution in [0.1, 0.15) is 29.7 Å². The van der Waals surface area contributed by atoms with Gasteiger partial charge in [0.05, 0.1) is 12.5 Å². The summed E-state index contributed by atoms with van der Waals surface area (Å²) in [5, 5.41) is 2.78. The molecule has 0 aliphatic rings. The van der Waals surface area contributed by atoms with Crippen LogP contribution in [0.3, 0.4) is 0 Å². The van der Waals surface area contributed by atoms with Gasteiger partial charge in [0.1, 0.15) is 0 Å². The SMILES string of the molecule is Cc1ccc(CC(=O)NC(C)c2ccc(F)c(F)c2)cc1. The molecular formula is C17H17F2NO. The highest BCUT2D eigenvalue weighted by Gasteiger charge is 2.12. The van der Waals surface area contributed by atoms with Gasteiger partial charge >= 0.3 is 0 Å². The van der Waals surface area contributed by atoms with Crippen LogP contribution in [0.25, 0.3) is 0 Å². The molecule has 0 radical (unpaired) electrons. The Balaban J connectivity index is 1.98. The Bertz CT molecular complexity index is 638. The van der Waals surface area contributed by atoms with E-state index in [4.69, 9.17) is 0 Å². The van der Waals surface area contributed by atoms with Crippen LogP contribution in [0.2, 0.25) is 0 Å². The van der Waals surface area contributed by atoms with Crippen LogP contribution in [0, 0.1) is 18.6 Å². The number of nitrogens with one attached hydrogen (secondary N) is 1. The number of benzene rings is 2. The molecule has 4 heteroatoms. The van der Waals surface area contributed by atoms with E-state index in [1.807, 2.05) is 31.2 Å². The van der Waals surface area contributed by atoms with Gasteiger partial charge in [0.15, 0.2) is 11.6 Å². The summed E-state index contributed by atoms with van der Waals surface area (Å²) in [5.74, 6) is -1.96. The van der Waals surface area contributed by atoms with Gasteiger partial charge in [-0.15, -0.1) is 0 Å². The van der Waals surface area contributed by atoms with Crippen molar-refractivity contribution >= 4 is 5.91 Å². The Hall–Kier alpha value is -2.23. The zero-order chi connectivity index (χ0) is 15.4. The van der Waals surface area contributed by atoms with Crippen LogP contribution in [-0.4, -0.2) is 5.91 Å². The molecule has 1 atom stereocenters. The highest BCUT2D eigenvalue weighted by Crippen LogP contribution is 2.16. The number of hydrogen-bond donors (Lipinski definition) is 1. The maximum absolute atomic E-state index is 13.2. The number of aryl methyl sites for hydroxylation is 1. The van der Waals surface area contributed by atoms with Crippen LogP contribution in [0.15, 0.2) is 42.5 Å². The zero-order valence-electron chi connectivity index (χ0n) is 12.0. The average molecular weight is 289 g/mol. The minimum absolute atomic E-state index is 0.156. The van der Waals surface area contributed by atoms with Crippen molar-refractivity contribution in [1.82, 2.24) is 5.32 Å². The van der Waals surface area contributed by atoms with Gasteiger partial charge in [-0.2, -0.15) is 0 Å². The predicted octanol–water partition coefficient (Wildman–Crippen LogP) is 3.69. The van der Waals surface area contributed by atoms with E-state index in [-0.39, 0.29) is 18.4 Å². The van der Waals surface area contributed by atoms with Crippen molar-refractivity contribution in [3.05, 3.63) is 70.8 Å². The molecule has 0 aromatic heterocycles. The van der Waals surface area contributed by atoms with Crippen LogP contribution in [0.5, 0.6) is 0 Å². The number of carbonyl (C=O) groups excluding carboxylic acids is 1. The third-order valence-corrected chi connectivity index (χ3v) is 3.31. The Labute approximate surface area is 122 Å². The van der Waals surface area contributed by atoms with Crippen molar-refractivity contribution in [1.29, 1.82) is 0 Å². The summed E-state index contributed by atoms with van der Waals surface area (Å²) in [5.41, 5.74) is 2.58. The van der Waals surface area contributed by atoms with Crippen LogP contribution >= 0.6 is 0 Å². The molecule has 0 bridgehead atoms. The molecule has 0 saturated heterocycles. The number of amides is 1. The minimum atomic E-state index is -0.910. The second-order valence-electron chi connectivity index (χ2n) is 5.13. The van der Waals surface area contributed by atoms with Crippen LogP contribution in [0.4, 0.5) is 8.78 Å². The third kappa shape index (κ3) is 4.12. The van der Waals surface area contributed by atoms with Gasteiger partial charge in [-0.25, -0.2) is 8.78 Å². The molecule has 0 aliphatic heterocycles. The summed E-state index contributed by atoms with van der Waals surface area (Å²) in [7, 11) is 0. The lowest BCUT2D eigenvalue weighted by molar-refractivity contribution is -0.121. The van der Waals surface area contributed by atoms with Gasteiger partial charge in [0.2, 0.25) is 5.91 Å². The summed E-state index contributed by atoms with van der Waals surface area (Å²) in [6, 6.07) is 10.9. The van der Waals surface area contributed by atoms with Crippen LogP contribution in [-0.2, 0) is 11.2 Å². The van der Waals surface area contributed by atoms with E-state index >= 15 is 0 Å². The first-order valence-electron chi connectivity index (χ1n) is 6.75. The Kier molecular flexibility index (Phi) is 4.68. The molecule has 0 aliphatic carbocycles. The number of halogens is 2. The lowest BCUT2D eigenvalue weighted by Crippen LogP contribution is -2.28. The monoisotopic (exact) mass is 289 g/mol. The molecule has 0 heterocycles. The quantitative estimate of drug-likeness (QED) is 0.913. The molecule has 2 aromatic carbocycles. The van der Waals surface area contributed by atoms with E-state index in [2.05, 4.69) is 5.32 Å². The van der Waals surface area contributed by atoms with Crippen molar-refractivity contribution in [3.8, 4) is 0 Å². The fraction of sp³-hybridized carbons (Fsp3) is 0.235. The van der Waals surface area contributed by atoms with Crippen molar-refractivity contribution in [2.75, 3.05) is 0 Å². The highest BCUT2D eigenvalue weighted by atomic mass is 19.2. The number of hydrogen-bond acceptors (Lipinski definition) is 1. The molecule has 1 N–H and O–H groups in total. The van der Waals surface area contributed by atoms with Gasteiger partial charge in [-0.3, -0.25) is 4.79 Å². The molecular weight excluding hydrogens is 272 g/mol. The maximum atomic E-state index is 13.2. The van der Waals surface area contributed by atoms with Gasteiger partial charge < -0.3 is 5.32 Å². The van der Waals surface area contributed by atoms with Gasteiger partial charge in [0.25, 0.3) is 0 Å². The first-order valence-corrected chi connectivity index (χ1v) is 6.75. The van der Waals surface area contributed by atoms with Crippen molar-refractivity contribution in [2.45, 2.75) is 26.3 Å². The molecule has 110 valence electrons. The Morgan fingerprint density at radius 1 is 1.10 bits per heavy atom. The fourth-order valence-corrected chi connectivity index (χ4v) is 2.05. The largest absolute Gasteiger partial charge is 0.349 e. The zero-order valence-corrected chi connectivity index (χ0v) is 12.0. The average Bonchev–Trinajstić information content (AvgIpc) is 2.44. The van der Waals surface area contributed by atoms with E-state index in [1.165, 1.54) is 6.07 Å². The van der Waals surface area contributed by atoms with E-state index < -0.39 is 11.6 Å². The summed E-state index contributed by atoms with van der Waals surface area (Å²) in [6.45, 7) is 3.72. The van der Waals surface area contributed by atoms with Crippen molar-refractivity contribution < 1.29 is 13.6 Å². The van der Waals surface area contributed by atoms with Crippen molar-refractivity contribution in [2.24, 2.45) is 0 Å². The summed E-state index contributed by atoms with van der Waals surface area (Å²) in [6.07, 6.45) is 0.258. The molecule has 1 amide bonds. The van der Waals surface area contributed by atoms with Crippen molar-refractivity contribution in [3.63, 3.8) is 0 Å².